The van der Waals surface area contributed by atoms with Crippen LogP contribution in [0.5, 0.6) is 0 Å². The number of aryl methyl sites for hydroxylation is 2. The summed E-state index contributed by atoms with van der Waals surface area (Å²) in [6, 6.07) is 8.34. The summed E-state index contributed by atoms with van der Waals surface area (Å²) < 4.78 is 5.29. The van der Waals surface area contributed by atoms with Gasteiger partial charge in [0.05, 0.1) is 0 Å². The maximum Gasteiger partial charge on any atom is 0.292 e. The first-order valence-corrected chi connectivity index (χ1v) is 5.47. The van der Waals surface area contributed by atoms with Gasteiger partial charge in [0.2, 0.25) is 0 Å². The minimum Gasteiger partial charge on any atom is -0.429 e. The molecule has 4 heteroatoms. The smallest absolute Gasteiger partial charge is 0.292 e. The molecule has 0 unspecified atom stereocenters. The highest BCUT2D eigenvalue weighted by molar-refractivity contribution is 5.96. The molecule has 3 rings (SSSR count). The number of para-hydroxylation sites is 1. The van der Waals surface area contributed by atoms with Gasteiger partial charge in [0, 0.05) is 22.2 Å². The van der Waals surface area contributed by atoms with Gasteiger partial charge in [-0.05, 0) is 19.9 Å². The second kappa shape index (κ2) is 3.38. The van der Waals surface area contributed by atoms with Crippen LogP contribution in [0, 0.1) is 13.8 Å². The number of nitrogens with zero attached hydrogens (tertiary/aromatic N) is 1. The lowest BCUT2D eigenvalue weighted by atomic mass is 10.1. The predicted molar refractivity (Wildman–Crippen MR) is 67.7 cm³/mol. The molecule has 0 saturated heterocycles. The summed E-state index contributed by atoms with van der Waals surface area (Å²) in [5.74, 6) is 0.746. The molecule has 0 radical (unpaired) electrons. The van der Waals surface area contributed by atoms with Gasteiger partial charge < -0.3 is 15.1 Å². The van der Waals surface area contributed by atoms with E-state index in [1.807, 2.05) is 32.0 Å². The van der Waals surface area contributed by atoms with Crippen LogP contribution < -0.4 is 5.73 Å². The molecular formula is C13H13N3O. The highest BCUT2D eigenvalue weighted by Gasteiger charge is 2.16. The number of hydrogen-bond acceptors (Lipinski definition) is 3. The number of hydrogen-bond donors (Lipinski definition) is 2. The van der Waals surface area contributed by atoms with Crippen LogP contribution in [0.1, 0.15) is 11.5 Å². The second-order valence-electron chi connectivity index (χ2n) is 4.13. The lowest BCUT2D eigenvalue weighted by Crippen LogP contribution is -1.85. The van der Waals surface area contributed by atoms with E-state index in [2.05, 4.69) is 16.0 Å². The molecule has 3 N–H and O–H groups in total. The number of nitrogens with one attached hydrogen (secondary N) is 1. The third-order valence-electron chi connectivity index (χ3n) is 2.94. The van der Waals surface area contributed by atoms with Crippen molar-refractivity contribution in [1.82, 2.24) is 9.97 Å². The number of aromatic nitrogens is 2. The topological polar surface area (TPSA) is 67.8 Å². The van der Waals surface area contributed by atoms with E-state index >= 15 is 0 Å². The number of nitrogen functional groups attached to an aromatic ring is 1. The Kier molecular flexibility index (Phi) is 1.98. The molecule has 0 atom stereocenters. The Labute approximate surface area is 98.5 Å². The molecule has 0 saturated carbocycles. The summed E-state index contributed by atoms with van der Waals surface area (Å²) in [6.45, 7) is 3.90. The monoisotopic (exact) mass is 227 g/mol. The van der Waals surface area contributed by atoms with Gasteiger partial charge in [0.25, 0.3) is 6.01 Å². The Balaban J connectivity index is 2.37. The molecule has 86 valence electrons. The van der Waals surface area contributed by atoms with Gasteiger partial charge in [-0.2, -0.15) is 4.98 Å². The summed E-state index contributed by atoms with van der Waals surface area (Å²) in [5.41, 5.74) is 9.65. The third-order valence-corrected chi connectivity index (χ3v) is 2.94. The van der Waals surface area contributed by atoms with E-state index < -0.39 is 0 Å². The molecule has 0 amide bonds. The SMILES string of the molecule is Cc1[nH]c2ccccc2c1-c1nc(N)oc1C. The van der Waals surface area contributed by atoms with E-state index in [0.717, 1.165) is 33.6 Å². The van der Waals surface area contributed by atoms with Crippen LogP contribution in [0.4, 0.5) is 6.01 Å². The van der Waals surface area contributed by atoms with Gasteiger partial charge in [-0.3, -0.25) is 0 Å². The van der Waals surface area contributed by atoms with Crippen LogP contribution in [0.3, 0.4) is 0 Å². The van der Waals surface area contributed by atoms with E-state index in [4.69, 9.17) is 10.2 Å². The Morgan fingerprint density at radius 2 is 2.00 bits per heavy atom. The highest BCUT2D eigenvalue weighted by Crippen LogP contribution is 2.33. The van der Waals surface area contributed by atoms with E-state index in [1.54, 1.807) is 0 Å². The molecule has 0 spiro atoms. The van der Waals surface area contributed by atoms with Crippen LogP contribution >= 0.6 is 0 Å². The maximum absolute atomic E-state index is 5.59. The van der Waals surface area contributed by atoms with Crippen molar-refractivity contribution in [2.45, 2.75) is 13.8 Å². The molecule has 0 aliphatic rings. The van der Waals surface area contributed by atoms with Crippen LogP contribution in [-0.2, 0) is 0 Å². The summed E-state index contributed by atoms with van der Waals surface area (Å²) >= 11 is 0. The molecule has 1 aromatic carbocycles. The lowest BCUT2D eigenvalue weighted by Gasteiger charge is -1.97. The van der Waals surface area contributed by atoms with Gasteiger partial charge >= 0.3 is 0 Å². The van der Waals surface area contributed by atoms with Crippen molar-refractivity contribution in [3.05, 3.63) is 35.7 Å². The van der Waals surface area contributed by atoms with E-state index in [1.165, 1.54) is 0 Å². The number of benzene rings is 1. The van der Waals surface area contributed by atoms with Crippen molar-refractivity contribution in [2.75, 3.05) is 5.73 Å². The molecule has 17 heavy (non-hydrogen) atoms. The van der Waals surface area contributed by atoms with Gasteiger partial charge in [-0.25, -0.2) is 0 Å². The number of nitrogens with two attached hydrogens (primary N) is 1. The number of H-pyrrole nitrogens is 1. The van der Waals surface area contributed by atoms with Crippen molar-refractivity contribution >= 4 is 16.9 Å². The van der Waals surface area contributed by atoms with Crippen molar-refractivity contribution in [2.24, 2.45) is 0 Å². The molecule has 0 aliphatic heterocycles. The fourth-order valence-electron chi connectivity index (χ4n) is 2.23. The minimum absolute atomic E-state index is 0.210. The Hall–Kier alpha value is -2.23. The van der Waals surface area contributed by atoms with Crippen molar-refractivity contribution < 1.29 is 4.42 Å². The van der Waals surface area contributed by atoms with E-state index in [0.29, 0.717) is 0 Å². The third kappa shape index (κ3) is 1.41. The first-order valence-electron chi connectivity index (χ1n) is 5.47. The Morgan fingerprint density at radius 1 is 1.24 bits per heavy atom. The number of aromatic amines is 1. The highest BCUT2D eigenvalue weighted by atomic mass is 16.4. The minimum atomic E-state index is 0.210. The van der Waals surface area contributed by atoms with E-state index in [-0.39, 0.29) is 6.01 Å². The fourth-order valence-corrected chi connectivity index (χ4v) is 2.23. The quantitative estimate of drug-likeness (QED) is 0.671. The first-order chi connectivity index (χ1) is 8.16. The zero-order chi connectivity index (χ0) is 12.0. The van der Waals surface area contributed by atoms with Crippen LogP contribution in [-0.4, -0.2) is 9.97 Å². The van der Waals surface area contributed by atoms with Gasteiger partial charge in [-0.1, -0.05) is 18.2 Å². The van der Waals surface area contributed by atoms with Crippen LogP contribution in [0.2, 0.25) is 0 Å². The molecule has 2 aromatic heterocycles. The van der Waals surface area contributed by atoms with Gasteiger partial charge in [-0.15, -0.1) is 0 Å². The number of fused-ring (bicyclic) bond motifs is 1. The average molecular weight is 227 g/mol. The molecule has 4 nitrogen and oxygen atoms in total. The molecule has 2 heterocycles. The summed E-state index contributed by atoms with van der Waals surface area (Å²) in [7, 11) is 0. The Morgan fingerprint density at radius 3 is 2.71 bits per heavy atom. The first kappa shape index (κ1) is 9.96. The molecule has 0 aliphatic carbocycles. The molecular weight excluding hydrogens is 214 g/mol. The fraction of sp³-hybridized carbons (Fsp3) is 0.154. The maximum atomic E-state index is 5.59. The van der Waals surface area contributed by atoms with Crippen LogP contribution in [0.25, 0.3) is 22.2 Å². The standard InChI is InChI=1S/C13H13N3O/c1-7-11(12-8(2)17-13(14)16-12)9-5-3-4-6-10(9)15-7/h3-6,15H,1-2H3,(H2,14,16). The average Bonchev–Trinajstić information content (AvgIpc) is 2.77. The molecule has 3 aromatic rings. The zero-order valence-electron chi connectivity index (χ0n) is 9.74. The predicted octanol–water partition coefficient (Wildman–Crippen LogP) is 3.02. The van der Waals surface area contributed by atoms with Gasteiger partial charge in [0.15, 0.2) is 0 Å². The largest absolute Gasteiger partial charge is 0.429 e. The van der Waals surface area contributed by atoms with Crippen molar-refractivity contribution in [3.63, 3.8) is 0 Å². The lowest BCUT2D eigenvalue weighted by molar-refractivity contribution is 0.549. The second-order valence-corrected chi connectivity index (χ2v) is 4.13. The summed E-state index contributed by atoms with van der Waals surface area (Å²) in [6.07, 6.45) is 0. The van der Waals surface area contributed by atoms with Crippen molar-refractivity contribution in [1.29, 1.82) is 0 Å². The van der Waals surface area contributed by atoms with Gasteiger partial charge in [0.1, 0.15) is 11.5 Å². The summed E-state index contributed by atoms with van der Waals surface area (Å²) in [4.78, 5) is 7.59. The Bertz CT molecular complexity index is 694. The number of anilines is 1. The number of rotatable bonds is 1. The van der Waals surface area contributed by atoms with Crippen LogP contribution in [0.15, 0.2) is 28.7 Å². The normalized spacial score (nSPS) is 11.2. The summed E-state index contributed by atoms with van der Waals surface area (Å²) in [5, 5.41) is 1.14. The number of oxazole rings is 1. The van der Waals surface area contributed by atoms with E-state index in [9.17, 15) is 0 Å². The molecule has 0 bridgehead atoms. The molecule has 0 fully saturated rings. The zero-order valence-corrected chi connectivity index (χ0v) is 9.74. The van der Waals surface area contributed by atoms with Crippen molar-refractivity contribution in [3.8, 4) is 11.3 Å².